The molecule has 0 radical (unpaired) electrons. The van der Waals surface area contributed by atoms with Gasteiger partial charge in [-0.3, -0.25) is 10.1 Å². The molecule has 0 saturated heterocycles. The van der Waals surface area contributed by atoms with Crippen LogP contribution >= 0.6 is 22.9 Å². The molecule has 0 saturated carbocycles. The van der Waals surface area contributed by atoms with Crippen LogP contribution < -0.4 is 10.1 Å². The van der Waals surface area contributed by atoms with E-state index in [9.17, 15) is 4.79 Å². The molecule has 0 fully saturated rings. The van der Waals surface area contributed by atoms with Gasteiger partial charge in [-0.2, -0.15) is 0 Å². The number of rotatable bonds is 4. The molecule has 1 aromatic heterocycles. The Morgan fingerprint density at radius 1 is 1.56 bits per heavy atom. The van der Waals surface area contributed by atoms with Crippen molar-refractivity contribution in [2.75, 3.05) is 11.9 Å². The van der Waals surface area contributed by atoms with Gasteiger partial charge in [-0.15, -0.1) is 11.3 Å². The van der Waals surface area contributed by atoms with Gasteiger partial charge in [0.05, 0.1) is 0 Å². The van der Waals surface area contributed by atoms with E-state index >= 15 is 0 Å². The van der Waals surface area contributed by atoms with Crippen LogP contribution in [0.1, 0.15) is 4.88 Å². The van der Waals surface area contributed by atoms with Crippen molar-refractivity contribution in [1.29, 1.82) is 0 Å². The van der Waals surface area contributed by atoms with E-state index in [-0.39, 0.29) is 12.5 Å². The van der Waals surface area contributed by atoms with Crippen molar-refractivity contribution in [3.05, 3.63) is 40.4 Å². The molecule has 0 spiro atoms. The van der Waals surface area contributed by atoms with Crippen molar-refractivity contribution < 1.29 is 9.53 Å². The van der Waals surface area contributed by atoms with Crippen LogP contribution in [0.25, 0.3) is 0 Å². The third kappa shape index (κ3) is 3.72. The van der Waals surface area contributed by atoms with E-state index in [0.29, 0.717) is 15.9 Å². The highest BCUT2D eigenvalue weighted by atomic mass is 35.5. The predicted molar refractivity (Wildman–Crippen MR) is 72.4 cm³/mol. The minimum atomic E-state index is -0.246. The second-order valence-corrected chi connectivity index (χ2v) is 5.24. The van der Waals surface area contributed by atoms with Crippen molar-refractivity contribution in [1.82, 2.24) is 4.98 Å². The largest absolute Gasteiger partial charge is 0.484 e. The van der Waals surface area contributed by atoms with Gasteiger partial charge in [-0.05, 0) is 25.1 Å². The number of ether oxygens (including phenoxy) is 1. The average molecular weight is 283 g/mol. The maximum absolute atomic E-state index is 11.6. The highest BCUT2D eigenvalue weighted by Gasteiger charge is 2.06. The Balaban J connectivity index is 1.85. The van der Waals surface area contributed by atoms with Crippen LogP contribution in [0.4, 0.5) is 5.13 Å². The van der Waals surface area contributed by atoms with E-state index < -0.39 is 0 Å². The van der Waals surface area contributed by atoms with Crippen LogP contribution in [0.2, 0.25) is 5.02 Å². The second kappa shape index (κ2) is 5.84. The van der Waals surface area contributed by atoms with Crippen LogP contribution in [0.5, 0.6) is 5.75 Å². The molecule has 94 valence electrons. The molecule has 18 heavy (non-hydrogen) atoms. The minimum absolute atomic E-state index is 0.0705. The quantitative estimate of drug-likeness (QED) is 0.937. The molecule has 1 heterocycles. The number of hydrogen-bond acceptors (Lipinski definition) is 4. The summed E-state index contributed by atoms with van der Waals surface area (Å²) in [7, 11) is 0. The summed E-state index contributed by atoms with van der Waals surface area (Å²) in [6.07, 6.45) is 1.71. The summed E-state index contributed by atoms with van der Waals surface area (Å²) in [6.45, 7) is 1.86. The fourth-order valence-corrected chi connectivity index (χ4v) is 2.13. The molecule has 1 aromatic carbocycles. The number of nitrogens with zero attached hydrogens (tertiary/aromatic N) is 1. The molecular weight excluding hydrogens is 272 g/mol. The lowest BCUT2D eigenvalue weighted by Crippen LogP contribution is -2.19. The fraction of sp³-hybridized carbons (Fsp3) is 0.167. The number of hydrogen-bond donors (Lipinski definition) is 1. The topological polar surface area (TPSA) is 51.2 Å². The number of carbonyl (C=O) groups excluding carboxylic acids is 1. The van der Waals surface area contributed by atoms with E-state index in [1.165, 1.54) is 11.3 Å². The third-order valence-corrected chi connectivity index (χ3v) is 3.10. The summed E-state index contributed by atoms with van der Waals surface area (Å²) in [5.41, 5.74) is 0. The first-order valence-corrected chi connectivity index (χ1v) is 6.43. The van der Waals surface area contributed by atoms with Gasteiger partial charge in [0.2, 0.25) is 0 Å². The highest BCUT2D eigenvalue weighted by Crippen LogP contribution is 2.18. The molecule has 2 rings (SSSR count). The summed E-state index contributed by atoms with van der Waals surface area (Å²) >= 11 is 7.22. The summed E-state index contributed by atoms with van der Waals surface area (Å²) in [5.74, 6) is 0.317. The van der Waals surface area contributed by atoms with E-state index in [0.717, 1.165) is 4.88 Å². The van der Waals surface area contributed by atoms with E-state index in [4.69, 9.17) is 16.3 Å². The average Bonchev–Trinajstić information content (AvgIpc) is 2.72. The number of nitrogens with one attached hydrogen (secondary N) is 1. The van der Waals surface area contributed by atoms with Crippen LogP contribution in [-0.4, -0.2) is 17.5 Å². The van der Waals surface area contributed by atoms with Gasteiger partial charge in [0, 0.05) is 16.1 Å². The third-order valence-electron chi connectivity index (χ3n) is 2.03. The maximum Gasteiger partial charge on any atom is 0.264 e. The summed E-state index contributed by atoms with van der Waals surface area (Å²) < 4.78 is 5.31. The Morgan fingerprint density at radius 3 is 3.06 bits per heavy atom. The van der Waals surface area contributed by atoms with Crippen molar-refractivity contribution >= 4 is 34.0 Å². The zero-order chi connectivity index (χ0) is 13.0. The molecule has 1 N–H and O–H groups in total. The Bertz CT molecular complexity index is 557. The minimum Gasteiger partial charge on any atom is -0.484 e. The maximum atomic E-state index is 11.6. The summed E-state index contributed by atoms with van der Waals surface area (Å²) in [5, 5.41) is 3.81. The van der Waals surface area contributed by atoms with Crippen LogP contribution in [0.3, 0.4) is 0 Å². The molecule has 4 nitrogen and oxygen atoms in total. The normalized spacial score (nSPS) is 10.1. The van der Waals surface area contributed by atoms with Gasteiger partial charge >= 0.3 is 0 Å². The number of aromatic nitrogens is 1. The molecule has 0 aliphatic carbocycles. The lowest BCUT2D eigenvalue weighted by molar-refractivity contribution is -0.118. The van der Waals surface area contributed by atoms with Gasteiger partial charge in [-0.25, -0.2) is 4.98 Å². The first-order valence-electron chi connectivity index (χ1n) is 5.24. The molecule has 0 aliphatic rings. The fourth-order valence-electron chi connectivity index (χ4n) is 1.27. The first-order chi connectivity index (χ1) is 8.63. The van der Waals surface area contributed by atoms with Crippen molar-refractivity contribution in [2.45, 2.75) is 6.92 Å². The molecule has 1 amide bonds. The first kappa shape index (κ1) is 12.9. The van der Waals surface area contributed by atoms with Crippen LogP contribution in [0, 0.1) is 6.92 Å². The van der Waals surface area contributed by atoms with Crippen LogP contribution in [-0.2, 0) is 4.79 Å². The Labute approximate surface area is 114 Å². The summed E-state index contributed by atoms with van der Waals surface area (Å²) in [4.78, 5) is 16.7. The van der Waals surface area contributed by atoms with Gasteiger partial charge in [0.1, 0.15) is 5.75 Å². The van der Waals surface area contributed by atoms with Gasteiger partial charge in [-0.1, -0.05) is 17.7 Å². The van der Waals surface area contributed by atoms with Crippen molar-refractivity contribution in [3.8, 4) is 5.75 Å². The zero-order valence-corrected chi connectivity index (χ0v) is 11.2. The smallest absolute Gasteiger partial charge is 0.264 e. The molecular formula is C12H11ClN2O2S. The summed E-state index contributed by atoms with van der Waals surface area (Å²) in [6, 6.07) is 6.90. The number of thiazole rings is 1. The zero-order valence-electron chi connectivity index (χ0n) is 9.64. The lowest BCUT2D eigenvalue weighted by Gasteiger charge is -2.05. The number of aryl methyl sites for hydroxylation is 1. The lowest BCUT2D eigenvalue weighted by atomic mass is 10.3. The standard InChI is InChI=1S/C12H11ClN2O2S/c1-8-6-14-12(18-8)15-11(16)7-17-10-4-2-3-9(13)5-10/h2-6H,7H2,1H3,(H,14,15,16). The number of benzene rings is 1. The van der Waals surface area contributed by atoms with Crippen molar-refractivity contribution in [3.63, 3.8) is 0 Å². The van der Waals surface area contributed by atoms with Gasteiger partial charge in [0.15, 0.2) is 11.7 Å². The molecule has 0 atom stereocenters. The predicted octanol–water partition coefficient (Wildman–Crippen LogP) is 3.12. The van der Waals surface area contributed by atoms with Gasteiger partial charge < -0.3 is 4.74 Å². The molecule has 0 unspecified atom stereocenters. The molecule has 2 aromatic rings. The Morgan fingerprint density at radius 2 is 2.39 bits per heavy atom. The number of amides is 1. The molecule has 0 bridgehead atoms. The Kier molecular flexibility index (Phi) is 4.17. The highest BCUT2D eigenvalue weighted by molar-refractivity contribution is 7.15. The Hall–Kier alpha value is -1.59. The second-order valence-electron chi connectivity index (χ2n) is 3.57. The van der Waals surface area contributed by atoms with E-state index in [2.05, 4.69) is 10.3 Å². The number of halogens is 1. The van der Waals surface area contributed by atoms with Crippen LogP contribution in [0.15, 0.2) is 30.5 Å². The molecule has 6 heteroatoms. The van der Waals surface area contributed by atoms with Crippen molar-refractivity contribution in [2.24, 2.45) is 0 Å². The molecule has 0 aliphatic heterocycles. The SMILES string of the molecule is Cc1cnc(NC(=O)COc2cccc(Cl)c2)s1. The monoisotopic (exact) mass is 282 g/mol. The van der Waals surface area contributed by atoms with Gasteiger partial charge in [0.25, 0.3) is 5.91 Å². The number of anilines is 1. The van der Waals surface area contributed by atoms with E-state index in [1.54, 1.807) is 30.5 Å². The number of carbonyl (C=O) groups is 1. The van der Waals surface area contributed by atoms with E-state index in [1.807, 2.05) is 6.92 Å².